The second kappa shape index (κ2) is 8.69. The third-order valence-electron chi connectivity index (χ3n) is 1.82. The van der Waals surface area contributed by atoms with Gasteiger partial charge in [-0.1, -0.05) is 0 Å². The van der Waals surface area contributed by atoms with Crippen molar-refractivity contribution in [3.63, 3.8) is 0 Å². The van der Waals surface area contributed by atoms with Gasteiger partial charge in [-0.2, -0.15) is 12.6 Å². The minimum absolute atomic E-state index is 0.286. The highest BCUT2D eigenvalue weighted by Crippen LogP contribution is 2.13. The van der Waals surface area contributed by atoms with E-state index in [9.17, 15) is 0 Å². The lowest BCUT2D eigenvalue weighted by atomic mass is 10.6. The number of thiol groups is 1. The average molecular weight is 240 g/mol. The van der Waals surface area contributed by atoms with Crippen molar-refractivity contribution in [2.45, 2.75) is 18.4 Å². The zero-order valence-electron chi connectivity index (χ0n) is 9.12. The summed E-state index contributed by atoms with van der Waals surface area (Å²) in [4.78, 5) is 0. The van der Waals surface area contributed by atoms with Gasteiger partial charge in [0.1, 0.15) is 6.61 Å². The summed E-state index contributed by atoms with van der Waals surface area (Å²) >= 11 is 4.13. The first-order chi connectivity index (χ1) is 6.74. The van der Waals surface area contributed by atoms with Crippen LogP contribution in [0.5, 0.6) is 0 Å². The van der Waals surface area contributed by atoms with E-state index in [1.807, 2.05) is 0 Å². The molecule has 0 aromatic heterocycles. The normalized spacial score (nSPS) is 12.9. The number of ether oxygens (including phenoxy) is 3. The smallest absolute Gasteiger partial charge is 0.297 e. The molecular weight excluding hydrogens is 220 g/mol. The van der Waals surface area contributed by atoms with Gasteiger partial charge in [0.25, 0.3) is 5.97 Å². The van der Waals surface area contributed by atoms with Crippen LogP contribution in [-0.2, 0) is 18.6 Å². The minimum Gasteiger partial charge on any atom is -0.376 e. The maximum atomic E-state index is 5.61. The first kappa shape index (κ1) is 14.4. The largest absolute Gasteiger partial charge is 0.376 e. The van der Waals surface area contributed by atoms with Crippen molar-refractivity contribution in [3.8, 4) is 0 Å². The molecule has 0 spiro atoms. The molecule has 6 heteroatoms. The van der Waals surface area contributed by atoms with Crippen molar-refractivity contribution in [2.75, 3.05) is 33.7 Å². The van der Waals surface area contributed by atoms with Crippen LogP contribution in [0.1, 0.15) is 6.42 Å². The van der Waals surface area contributed by atoms with Gasteiger partial charge in [-0.15, -0.1) is 0 Å². The summed E-state index contributed by atoms with van der Waals surface area (Å²) in [6.45, 7) is 0.286. The molecule has 0 fully saturated rings. The third kappa shape index (κ3) is 5.33. The van der Waals surface area contributed by atoms with Crippen LogP contribution in [0.25, 0.3) is 0 Å². The fourth-order valence-corrected chi connectivity index (χ4v) is 2.85. The Morgan fingerprint density at radius 3 is 2.29 bits per heavy atom. The summed E-state index contributed by atoms with van der Waals surface area (Å²) in [7, 11) is 4.07. The van der Waals surface area contributed by atoms with Crippen LogP contribution < -0.4 is 0 Å². The summed E-state index contributed by atoms with van der Waals surface area (Å²) in [6.07, 6.45) is 1.08. The standard InChI is InChI=1S/C8H20O4SSi/c1-9-7-8(10-2,11-3)12-14-6-4-5-13/h13H,4-7,14H2,1-3H3. The molecule has 0 heterocycles. The number of hydrogen-bond acceptors (Lipinski definition) is 5. The molecule has 0 amide bonds. The molecule has 0 aromatic rings. The van der Waals surface area contributed by atoms with Crippen LogP contribution in [0.15, 0.2) is 0 Å². The van der Waals surface area contributed by atoms with Crippen LogP contribution in [0.4, 0.5) is 0 Å². The average Bonchev–Trinajstić information content (AvgIpc) is 2.23. The second-order valence-corrected chi connectivity index (χ2v) is 4.65. The quantitative estimate of drug-likeness (QED) is 0.274. The number of hydrogen-bond donors (Lipinski definition) is 1. The van der Waals surface area contributed by atoms with E-state index in [0.29, 0.717) is 0 Å². The van der Waals surface area contributed by atoms with Crippen LogP contribution in [0.3, 0.4) is 0 Å². The van der Waals surface area contributed by atoms with Crippen molar-refractivity contribution in [3.05, 3.63) is 0 Å². The Morgan fingerprint density at radius 1 is 1.21 bits per heavy atom. The first-order valence-corrected chi connectivity index (χ1v) is 6.79. The van der Waals surface area contributed by atoms with Crippen LogP contribution in [-0.4, -0.2) is 49.4 Å². The van der Waals surface area contributed by atoms with E-state index in [1.165, 1.54) is 0 Å². The van der Waals surface area contributed by atoms with Gasteiger partial charge in [0.15, 0.2) is 9.76 Å². The number of methoxy groups -OCH3 is 3. The van der Waals surface area contributed by atoms with Crippen LogP contribution in [0.2, 0.25) is 6.04 Å². The van der Waals surface area contributed by atoms with Crippen molar-refractivity contribution in [1.82, 2.24) is 0 Å². The molecule has 0 radical (unpaired) electrons. The van der Waals surface area contributed by atoms with Gasteiger partial charge < -0.3 is 18.6 Å². The van der Waals surface area contributed by atoms with Gasteiger partial charge in [0, 0.05) is 21.3 Å². The lowest BCUT2D eigenvalue weighted by Gasteiger charge is -2.29. The molecule has 0 saturated carbocycles. The van der Waals surface area contributed by atoms with Gasteiger partial charge in [-0.3, -0.25) is 0 Å². The Kier molecular flexibility index (Phi) is 8.95. The number of rotatable bonds is 9. The SMILES string of the molecule is COCC(OC)(OC)O[SiH2]CCCS. The van der Waals surface area contributed by atoms with Crippen molar-refractivity contribution < 1.29 is 18.6 Å². The molecule has 0 bridgehead atoms. The predicted molar refractivity (Wildman–Crippen MR) is 61.5 cm³/mol. The Labute approximate surface area is 93.6 Å². The van der Waals surface area contributed by atoms with Gasteiger partial charge >= 0.3 is 0 Å². The monoisotopic (exact) mass is 240 g/mol. The van der Waals surface area contributed by atoms with Gasteiger partial charge in [-0.05, 0) is 18.2 Å². The van der Waals surface area contributed by atoms with Gasteiger partial charge in [0.05, 0.1) is 0 Å². The van der Waals surface area contributed by atoms with Crippen molar-refractivity contribution in [2.24, 2.45) is 0 Å². The zero-order valence-corrected chi connectivity index (χ0v) is 11.4. The zero-order chi connectivity index (χ0) is 10.9. The molecule has 0 aliphatic carbocycles. The maximum absolute atomic E-state index is 5.61. The molecule has 0 aliphatic rings. The van der Waals surface area contributed by atoms with Crippen molar-refractivity contribution in [1.29, 1.82) is 0 Å². The summed E-state index contributed by atoms with van der Waals surface area (Å²) in [5.74, 6) is -0.106. The molecule has 0 saturated heterocycles. The summed E-state index contributed by atoms with van der Waals surface area (Å²) in [5, 5.41) is 0. The van der Waals surface area contributed by atoms with E-state index >= 15 is 0 Å². The highest BCUT2D eigenvalue weighted by Gasteiger charge is 2.30. The molecule has 86 valence electrons. The Hall–Kier alpha value is 0.407. The van der Waals surface area contributed by atoms with E-state index in [-0.39, 0.29) is 6.61 Å². The van der Waals surface area contributed by atoms with Crippen LogP contribution >= 0.6 is 12.6 Å². The fourth-order valence-electron chi connectivity index (χ4n) is 0.979. The molecule has 14 heavy (non-hydrogen) atoms. The van der Waals surface area contributed by atoms with E-state index in [1.54, 1.807) is 21.3 Å². The Morgan fingerprint density at radius 2 is 1.86 bits per heavy atom. The molecule has 0 atom stereocenters. The topological polar surface area (TPSA) is 36.9 Å². The van der Waals surface area contributed by atoms with Crippen molar-refractivity contribution >= 4 is 22.4 Å². The highest BCUT2D eigenvalue weighted by molar-refractivity contribution is 7.80. The molecule has 0 unspecified atom stereocenters. The Bertz CT molecular complexity index is 133. The first-order valence-electron chi connectivity index (χ1n) is 4.58. The summed E-state index contributed by atoms with van der Waals surface area (Å²) in [6, 6.07) is 1.07. The van der Waals surface area contributed by atoms with E-state index in [4.69, 9.17) is 18.6 Å². The lowest BCUT2D eigenvalue weighted by Crippen LogP contribution is -2.42. The lowest BCUT2D eigenvalue weighted by molar-refractivity contribution is -0.339. The van der Waals surface area contributed by atoms with Crippen LogP contribution in [0, 0.1) is 0 Å². The molecule has 0 rings (SSSR count). The summed E-state index contributed by atoms with van der Waals surface area (Å²) < 4.78 is 20.9. The van der Waals surface area contributed by atoms with Gasteiger partial charge in [-0.25, -0.2) is 0 Å². The molecule has 4 nitrogen and oxygen atoms in total. The molecule has 0 aromatic carbocycles. The molecule has 0 N–H and O–H groups in total. The summed E-state index contributed by atoms with van der Waals surface area (Å²) in [5.41, 5.74) is 0. The maximum Gasteiger partial charge on any atom is 0.297 e. The Balaban J connectivity index is 3.82. The van der Waals surface area contributed by atoms with Gasteiger partial charge in [0.2, 0.25) is 0 Å². The van der Waals surface area contributed by atoms with E-state index < -0.39 is 15.7 Å². The third-order valence-corrected chi connectivity index (χ3v) is 3.57. The minimum atomic E-state index is -1.00. The highest BCUT2D eigenvalue weighted by atomic mass is 32.1. The molecule has 0 aliphatic heterocycles. The predicted octanol–water partition coefficient (Wildman–Crippen LogP) is 0.418. The second-order valence-electron chi connectivity index (χ2n) is 2.80. The molecular formula is C8H20O4SSi. The fraction of sp³-hybridized carbons (Fsp3) is 1.00. The van der Waals surface area contributed by atoms with E-state index in [2.05, 4.69) is 12.6 Å². The van der Waals surface area contributed by atoms with E-state index in [0.717, 1.165) is 18.2 Å².